The zero-order chi connectivity index (χ0) is 14.0. The number of carbonyl (C=O) groups excluding carboxylic acids is 1. The predicted octanol–water partition coefficient (Wildman–Crippen LogP) is 1.22. The third kappa shape index (κ3) is 3.69. The molecule has 2 heterocycles. The van der Waals surface area contributed by atoms with E-state index in [0.29, 0.717) is 24.0 Å². The summed E-state index contributed by atoms with van der Waals surface area (Å²) in [6, 6.07) is 1.48. The van der Waals surface area contributed by atoms with Crippen LogP contribution in [0.25, 0.3) is 0 Å². The van der Waals surface area contributed by atoms with Crippen molar-refractivity contribution in [1.82, 2.24) is 15.5 Å². The van der Waals surface area contributed by atoms with Crippen molar-refractivity contribution >= 4 is 5.91 Å². The average molecular weight is 267 g/mol. The first-order valence-electron chi connectivity index (χ1n) is 7.67. The molecule has 1 amide bonds. The van der Waals surface area contributed by atoms with Crippen molar-refractivity contribution in [2.24, 2.45) is 11.8 Å². The van der Waals surface area contributed by atoms with Gasteiger partial charge in [0.1, 0.15) is 0 Å². The fraction of sp³-hybridized carbons (Fsp3) is 0.933. The van der Waals surface area contributed by atoms with Crippen LogP contribution in [0.15, 0.2) is 0 Å². The molecule has 2 saturated heterocycles. The average Bonchev–Trinajstić information content (AvgIpc) is 2.95. The highest BCUT2D eigenvalue weighted by atomic mass is 16.2. The highest BCUT2D eigenvalue weighted by Gasteiger charge is 2.42. The van der Waals surface area contributed by atoms with Gasteiger partial charge in [-0.05, 0) is 45.7 Å². The van der Waals surface area contributed by atoms with Crippen molar-refractivity contribution in [3.05, 3.63) is 0 Å². The number of nitrogens with zero attached hydrogens (tertiary/aromatic N) is 1. The van der Waals surface area contributed by atoms with Crippen LogP contribution in [0.2, 0.25) is 0 Å². The maximum Gasteiger partial charge on any atom is 0.224 e. The molecule has 2 bridgehead atoms. The fourth-order valence-electron chi connectivity index (χ4n) is 3.48. The van der Waals surface area contributed by atoms with Crippen molar-refractivity contribution in [1.29, 1.82) is 0 Å². The molecule has 4 nitrogen and oxygen atoms in total. The van der Waals surface area contributed by atoms with E-state index in [-0.39, 0.29) is 11.8 Å². The second-order valence-electron chi connectivity index (χ2n) is 6.88. The third-order valence-electron chi connectivity index (χ3n) is 4.62. The molecule has 0 aromatic heterocycles. The topological polar surface area (TPSA) is 44.4 Å². The molecule has 4 atom stereocenters. The highest BCUT2D eigenvalue weighted by Crippen LogP contribution is 2.33. The minimum Gasteiger partial charge on any atom is -0.354 e. The van der Waals surface area contributed by atoms with Gasteiger partial charge >= 0.3 is 0 Å². The molecule has 4 unspecified atom stereocenters. The van der Waals surface area contributed by atoms with Crippen LogP contribution in [0.4, 0.5) is 0 Å². The van der Waals surface area contributed by atoms with Crippen molar-refractivity contribution in [2.75, 3.05) is 20.6 Å². The van der Waals surface area contributed by atoms with Crippen molar-refractivity contribution in [3.63, 3.8) is 0 Å². The van der Waals surface area contributed by atoms with E-state index in [1.807, 2.05) is 0 Å². The number of likely N-dealkylation sites (N-methyl/N-ethyl adjacent to an activating group) is 1. The molecule has 2 aliphatic rings. The molecule has 0 aromatic carbocycles. The molecular formula is C15H29N3O. The minimum atomic E-state index is 0.209. The van der Waals surface area contributed by atoms with Crippen LogP contribution in [0, 0.1) is 11.8 Å². The van der Waals surface area contributed by atoms with E-state index in [1.54, 1.807) is 0 Å². The van der Waals surface area contributed by atoms with Gasteiger partial charge in [-0.25, -0.2) is 0 Å². The van der Waals surface area contributed by atoms with Crippen molar-refractivity contribution < 1.29 is 4.79 Å². The Bertz CT molecular complexity index is 317. The zero-order valence-corrected chi connectivity index (χ0v) is 12.8. The summed E-state index contributed by atoms with van der Waals surface area (Å²) in [5.74, 6) is 1.13. The molecular weight excluding hydrogens is 238 g/mol. The Balaban J connectivity index is 1.78. The molecule has 110 valence electrons. The van der Waals surface area contributed by atoms with Gasteiger partial charge in [-0.2, -0.15) is 0 Å². The number of fused-ring (bicyclic) bond motifs is 2. The Kier molecular flexibility index (Phi) is 4.85. The predicted molar refractivity (Wildman–Crippen MR) is 78.0 cm³/mol. The Morgan fingerprint density at radius 1 is 1.37 bits per heavy atom. The summed E-state index contributed by atoms with van der Waals surface area (Å²) < 4.78 is 0. The number of amides is 1. The zero-order valence-electron chi connectivity index (χ0n) is 12.8. The largest absolute Gasteiger partial charge is 0.354 e. The summed E-state index contributed by atoms with van der Waals surface area (Å²) in [6.45, 7) is 5.24. The minimum absolute atomic E-state index is 0.209. The Labute approximate surface area is 117 Å². The van der Waals surface area contributed by atoms with Gasteiger partial charge in [0, 0.05) is 24.7 Å². The van der Waals surface area contributed by atoms with Gasteiger partial charge in [0.15, 0.2) is 0 Å². The molecule has 2 rings (SSSR count). The molecule has 0 aromatic rings. The van der Waals surface area contributed by atoms with Crippen LogP contribution in [-0.2, 0) is 4.79 Å². The maximum atomic E-state index is 12.3. The number of hydrogen-bond acceptors (Lipinski definition) is 3. The van der Waals surface area contributed by atoms with Gasteiger partial charge in [0.25, 0.3) is 0 Å². The molecule has 2 N–H and O–H groups in total. The van der Waals surface area contributed by atoms with Crippen molar-refractivity contribution in [3.8, 4) is 0 Å². The van der Waals surface area contributed by atoms with Crippen LogP contribution >= 0.6 is 0 Å². The van der Waals surface area contributed by atoms with E-state index in [4.69, 9.17) is 0 Å². The smallest absolute Gasteiger partial charge is 0.224 e. The first-order chi connectivity index (χ1) is 8.97. The van der Waals surface area contributed by atoms with Crippen LogP contribution in [0.5, 0.6) is 0 Å². The van der Waals surface area contributed by atoms with E-state index in [2.05, 4.69) is 43.5 Å². The second-order valence-corrected chi connectivity index (χ2v) is 6.88. The second kappa shape index (κ2) is 6.23. The number of hydrogen-bond donors (Lipinski definition) is 2. The lowest BCUT2D eigenvalue weighted by molar-refractivity contribution is -0.125. The molecule has 0 saturated carbocycles. The van der Waals surface area contributed by atoms with E-state index >= 15 is 0 Å². The summed E-state index contributed by atoms with van der Waals surface area (Å²) in [5, 5.41) is 6.71. The highest BCUT2D eigenvalue weighted by molar-refractivity contribution is 5.80. The summed E-state index contributed by atoms with van der Waals surface area (Å²) in [4.78, 5) is 14.5. The van der Waals surface area contributed by atoms with Crippen LogP contribution in [0.3, 0.4) is 0 Å². The lowest BCUT2D eigenvalue weighted by atomic mass is 9.88. The standard InChI is InChI=1S/C15H29N3O/c1-10(2)7-12(18(3)4)9-16-15(19)13-8-11-5-6-14(13)17-11/h10-14,17H,5-9H2,1-4H3,(H,16,19). The normalized spacial score (nSPS) is 31.2. The van der Waals surface area contributed by atoms with Gasteiger partial charge in [-0.1, -0.05) is 13.8 Å². The number of nitrogens with one attached hydrogen (secondary N) is 2. The molecule has 0 spiro atoms. The molecule has 0 radical (unpaired) electrons. The van der Waals surface area contributed by atoms with E-state index < -0.39 is 0 Å². The first-order valence-corrected chi connectivity index (χ1v) is 7.67. The van der Waals surface area contributed by atoms with Gasteiger partial charge in [0.2, 0.25) is 5.91 Å². The van der Waals surface area contributed by atoms with Crippen molar-refractivity contribution in [2.45, 2.75) is 57.7 Å². The number of rotatable bonds is 6. The summed E-state index contributed by atoms with van der Waals surface area (Å²) in [6.07, 6.45) is 4.59. The summed E-state index contributed by atoms with van der Waals surface area (Å²) in [5.41, 5.74) is 0. The Hall–Kier alpha value is -0.610. The Morgan fingerprint density at radius 2 is 2.11 bits per heavy atom. The summed E-state index contributed by atoms with van der Waals surface area (Å²) >= 11 is 0. The molecule has 2 fully saturated rings. The molecule has 2 aliphatic heterocycles. The van der Waals surface area contributed by atoms with E-state index in [9.17, 15) is 4.79 Å². The Morgan fingerprint density at radius 3 is 2.58 bits per heavy atom. The quantitative estimate of drug-likeness (QED) is 0.760. The summed E-state index contributed by atoms with van der Waals surface area (Å²) in [7, 11) is 4.19. The first kappa shape index (κ1) is 14.8. The third-order valence-corrected chi connectivity index (χ3v) is 4.62. The van der Waals surface area contributed by atoms with Crippen LogP contribution in [0.1, 0.15) is 39.5 Å². The molecule has 19 heavy (non-hydrogen) atoms. The molecule has 4 heteroatoms. The lowest BCUT2D eigenvalue weighted by Gasteiger charge is -2.27. The van der Waals surface area contributed by atoms with E-state index in [1.165, 1.54) is 12.8 Å². The van der Waals surface area contributed by atoms with Gasteiger partial charge in [-0.3, -0.25) is 4.79 Å². The monoisotopic (exact) mass is 267 g/mol. The SMILES string of the molecule is CC(C)CC(CNC(=O)C1CC2CCC1N2)N(C)C. The lowest BCUT2D eigenvalue weighted by Crippen LogP contribution is -2.44. The van der Waals surface area contributed by atoms with Gasteiger partial charge in [-0.15, -0.1) is 0 Å². The number of carbonyl (C=O) groups is 1. The van der Waals surface area contributed by atoms with E-state index in [0.717, 1.165) is 19.4 Å². The fourth-order valence-corrected chi connectivity index (χ4v) is 3.48. The molecule has 0 aliphatic carbocycles. The van der Waals surface area contributed by atoms with Crippen LogP contribution < -0.4 is 10.6 Å². The maximum absolute atomic E-state index is 12.3. The van der Waals surface area contributed by atoms with Crippen LogP contribution in [-0.4, -0.2) is 49.6 Å². The van der Waals surface area contributed by atoms with Gasteiger partial charge < -0.3 is 15.5 Å². The van der Waals surface area contributed by atoms with Gasteiger partial charge in [0.05, 0.1) is 5.92 Å².